The number of hydrogen-bond acceptors (Lipinski definition) is 5. The second kappa shape index (κ2) is 7.94. The molecule has 0 unspecified atom stereocenters. The van der Waals surface area contributed by atoms with Gasteiger partial charge < -0.3 is 19.6 Å². The third kappa shape index (κ3) is 3.87. The third-order valence-corrected chi connectivity index (χ3v) is 5.01. The highest BCUT2D eigenvalue weighted by Crippen LogP contribution is 2.27. The first-order chi connectivity index (χ1) is 11.7. The molecule has 0 radical (unpaired) electrons. The fourth-order valence-electron chi connectivity index (χ4n) is 3.63. The summed E-state index contributed by atoms with van der Waals surface area (Å²) in [5.74, 6) is 0.666. The van der Waals surface area contributed by atoms with Gasteiger partial charge in [-0.25, -0.2) is 4.98 Å². The minimum absolute atomic E-state index is 0.0784. The minimum Gasteiger partial charge on any atom is -0.389 e. The van der Waals surface area contributed by atoms with Gasteiger partial charge in [-0.1, -0.05) is 19.3 Å². The predicted octanol–water partition coefficient (Wildman–Crippen LogP) is 1.68. The lowest BCUT2D eigenvalue weighted by Crippen LogP contribution is -2.40. The highest BCUT2D eigenvalue weighted by Gasteiger charge is 2.27. The van der Waals surface area contributed by atoms with Gasteiger partial charge in [0.05, 0.1) is 24.9 Å². The number of β-amino-alcohol motifs (C(OH)–C–C–N with tert-alkyl or cyclic N) is 1. The largest absolute Gasteiger partial charge is 0.389 e. The van der Waals surface area contributed by atoms with Crippen molar-refractivity contribution in [3.63, 3.8) is 0 Å². The van der Waals surface area contributed by atoms with E-state index in [0.717, 1.165) is 18.7 Å². The van der Waals surface area contributed by atoms with Crippen LogP contribution in [0.25, 0.3) is 0 Å². The number of nitrogens with zero attached hydrogens (tertiary/aromatic N) is 3. The zero-order chi connectivity index (χ0) is 16.9. The highest BCUT2D eigenvalue weighted by atomic mass is 16.5. The van der Waals surface area contributed by atoms with Crippen molar-refractivity contribution in [3.05, 3.63) is 23.9 Å². The quantitative estimate of drug-likeness (QED) is 0.912. The fourth-order valence-corrected chi connectivity index (χ4v) is 3.63. The van der Waals surface area contributed by atoms with Crippen LogP contribution in [0.4, 0.5) is 5.82 Å². The van der Waals surface area contributed by atoms with Crippen LogP contribution >= 0.6 is 0 Å². The Bertz CT molecular complexity index is 560. The lowest BCUT2D eigenvalue weighted by Gasteiger charge is -2.33. The number of aliphatic hydroxyl groups excluding tert-OH is 1. The van der Waals surface area contributed by atoms with Gasteiger partial charge in [0.25, 0.3) is 5.91 Å². The number of aromatic nitrogens is 1. The molecule has 1 saturated carbocycles. The van der Waals surface area contributed by atoms with Gasteiger partial charge in [0.1, 0.15) is 5.82 Å². The summed E-state index contributed by atoms with van der Waals surface area (Å²) in [7, 11) is 2.04. The van der Waals surface area contributed by atoms with Crippen molar-refractivity contribution < 1.29 is 14.6 Å². The molecule has 2 fully saturated rings. The molecule has 0 spiro atoms. The number of rotatable bonds is 3. The van der Waals surface area contributed by atoms with E-state index in [1.54, 1.807) is 17.2 Å². The Kier molecular flexibility index (Phi) is 5.68. The average Bonchev–Trinajstić information content (AvgIpc) is 2.85. The van der Waals surface area contributed by atoms with Gasteiger partial charge in [0, 0.05) is 32.4 Å². The van der Waals surface area contributed by atoms with Crippen molar-refractivity contribution in [2.75, 3.05) is 38.3 Å². The zero-order valence-electron chi connectivity index (χ0n) is 14.4. The molecule has 1 atom stereocenters. The van der Waals surface area contributed by atoms with Gasteiger partial charge in [0.15, 0.2) is 0 Å². The number of pyridine rings is 1. The Morgan fingerprint density at radius 1 is 1.38 bits per heavy atom. The molecule has 2 aliphatic rings. The molecule has 1 amide bonds. The first-order valence-electron chi connectivity index (χ1n) is 8.89. The Labute approximate surface area is 143 Å². The van der Waals surface area contributed by atoms with Crippen LogP contribution in [0, 0.1) is 0 Å². The average molecular weight is 333 g/mol. The summed E-state index contributed by atoms with van der Waals surface area (Å²) in [6.45, 7) is 1.54. The summed E-state index contributed by atoms with van der Waals surface area (Å²) in [5.41, 5.74) is 0.611. The second-order valence-electron chi connectivity index (χ2n) is 6.76. The van der Waals surface area contributed by atoms with E-state index in [4.69, 9.17) is 4.74 Å². The highest BCUT2D eigenvalue weighted by molar-refractivity contribution is 5.99. The summed E-state index contributed by atoms with van der Waals surface area (Å²) >= 11 is 0. The molecule has 2 heterocycles. The monoisotopic (exact) mass is 333 g/mol. The Morgan fingerprint density at radius 2 is 2.17 bits per heavy atom. The molecule has 0 aromatic carbocycles. The van der Waals surface area contributed by atoms with Crippen LogP contribution in [0.2, 0.25) is 0 Å². The molecule has 0 bridgehead atoms. The standard InChI is InChI=1S/C18H27N3O3/c1-20(14-6-3-2-4-7-14)17-16(8-5-9-19-17)18(23)21-10-11-24-13-15(22)12-21/h5,8-9,14-15,22H,2-4,6-7,10-13H2,1H3/t15-/m0/s1. The van der Waals surface area contributed by atoms with Gasteiger partial charge >= 0.3 is 0 Å². The van der Waals surface area contributed by atoms with E-state index in [1.807, 2.05) is 13.1 Å². The lowest BCUT2D eigenvalue weighted by atomic mass is 9.94. The van der Waals surface area contributed by atoms with Gasteiger partial charge in [-0.05, 0) is 25.0 Å². The number of carbonyl (C=O) groups is 1. The van der Waals surface area contributed by atoms with Crippen LogP contribution in [0.15, 0.2) is 18.3 Å². The van der Waals surface area contributed by atoms with Crippen LogP contribution in [0.5, 0.6) is 0 Å². The van der Waals surface area contributed by atoms with E-state index in [2.05, 4.69) is 9.88 Å². The smallest absolute Gasteiger partial charge is 0.257 e. The Balaban J connectivity index is 1.81. The van der Waals surface area contributed by atoms with E-state index in [1.165, 1.54) is 19.3 Å². The van der Waals surface area contributed by atoms with Crippen molar-refractivity contribution in [2.24, 2.45) is 0 Å². The molecule has 6 nitrogen and oxygen atoms in total. The first-order valence-corrected chi connectivity index (χ1v) is 8.89. The maximum atomic E-state index is 13.0. The van der Waals surface area contributed by atoms with Gasteiger partial charge in [0.2, 0.25) is 0 Å². The molecule has 132 valence electrons. The Morgan fingerprint density at radius 3 is 2.96 bits per heavy atom. The molecule has 6 heteroatoms. The fraction of sp³-hybridized carbons (Fsp3) is 0.667. The molecule has 24 heavy (non-hydrogen) atoms. The molecular weight excluding hydrogens is 306 g/mol. The predicted molar refractivity (Wildman–Crippen MR) is 92.2 cm³/mol. The summed E-state index contributed by atoms with van der Waals surface area (Å²) in [5, 5.41) is 9.89. The van der Waals surface area contributed by atoms with Crippen LogP contribution < -0.4 is 4.90 Å². The number of hydrogen-bond donors (Lipinski definition) is 1. The van der Waals surface area contributed by atoms with Crippen molar-refractivity contribution in [2.45, 2.75) is 44.2 Å². The van der Waals surface area contributed by atoms with Crippen molar-refractivity contribution in [1.82, 2.24) is 9.88 Å². The van der Waals surface area contributed by atoms with E-state index >= 15 is 0 Å². The molecule has 1 N–H and O–H groups in total. The van der Waals surface area contributed by atoms with E-state index in [0.29, 0.717) is 31.3 Å². The molecule has 3 rings (SSSR count). The number of anilines is 1. The maximum absolute atomic E-state index is 13.0. The molecular formula is C18H27N3O3. The maximum Gasteiger partial charge on any atom is 0.257 e. The van der Waals surface area contributed by atoms with Crippen LogP contribution in [-0.2, 0) is 4.74 Å². The summed E-state index contributed by atoms with van der Waals surface area (Å²) < 4.78 is 5.33. The SMILES string of the molecule is CN(c1ncccc1C(=O)N1CCOC[C@@H](O)C1)C1CCCCC1. The van der Waals surface area contributed by atoms with Crippen molar-refractivity contribution in [1.29, 1.82) is 0 Å². The van der Waals surface area contributed by atoms with E-state index in [-0.39, 0.29) is 12.5 Å². The summed E-state index contributed by atoms with van der Waals surface area (Å²) in [4.78, 5) is 21.3. The summed E-state index contributed by atoms with van der Waals surface area (Å²) in [6.07, 6.45) is 7.18. The van der Waals surface area contributed by atoms with Crippen LogP contribution in [-0.4, -0.2) is 66.4 Å². The van der Waals surface area contributed by atoms with Crippen molar-refractivity contribution >= 4 is 11.7 Å². The number of ether oxygens (including phenoxy) is 1. The molecule has 1 aromatic heterocycles. The van der Waals surface area contributed by atoms with Gasteiger partial charge in [-0.2, -0.15) is 0 Å². The minimum atomic E-state index is -0.632. The molecule has 1 aliphatic carbocycles. The Hall–Kier alpha value is -1.66. The third-order valence-electron chi connectivity index (χ3n) is 5.01. The van der Waals surface area contributed by atoms with Crippen LogP contribution in [0.1, 0.15) is 42.5 Å². The zero-order valence-corrected chi connectivity index (χ0v) is 14.4. The normalized spacial score (nSPS) is 22.9. The number of carbonyl (C=O) groups excluding carboxylic acids is 1. The molecule has 1 aromatic rings. The summed E-state index contributed by atoms with van der Waals surface area (Å²) in [6, 6.07) is 4.08. The molecule has 1 aliphatic heterocycles. The second-order valence-corrected chi connectivity index (χ2v) is 6.76. The van der Waals surface area contributed by atoms with Gasteiger partial charge in [-0.15, -0.1) is 0 Å². The molecule has 1 saturated heterocycles. The van der Waals surface area contributed by atoms with Gasteiger partial charge in [-0.3, -0.25) is 4.79 Å². The van der Waals surface area contributed by atoms with E-state index < -0.39 is 6.10 Å². The first kappa shape index (κ1) is 17.2. The lowest BCUT2D eigenvalue weighted by molar-refractivity contribution is 0.0534. The topological polar surface area (TPSA) is 65.9 Å². The van der Waals surface area contributed by atoms with Crippen molar-refractivity contribution in [3.8, 4) is 0 Å². The van der Waals surface area contributed by atoms with Crippen LogP contribution in [0.3, 0.4) is 0 Å². The number of aliphatic hydroxyl groups is 1. The number of amides is 1. The van der Waals surface area contributed by atoms with E-state index in [9.17, 15) is 9.90 Å².